The van der Waals surface area contributed by atoms with E-state index in [0.717, 1.165) is 31.5 Å². The van der Waals surface area contributed by atoms with Gasteiger partial charge in [0.05, 0.1) is 39.1 Å². The second-order valence-corrected chi connectivity index (χ2v) is 6.03. The average Bonchev–Trinajstić information content (AvgIpc) is 2.69. The number of amides is 1. The minimum absolute atomic E-state index is 0.265. The van der Waals surface area contributed by atoms with Gasteiger partial charge in [-0.05, 0) is 31.5 Å². The molecule has 1 aromatic carbocycles. The van der Waals surface area contributed by atoms with E-state index in [1.807, 2.05) is 30.3 Å². The van der Waals surface area contributed by atoms with Crippen molar-refractivity contribution in [3.05, 3.63) is 35.9 Å². The third-order valence-corrected chi connectivity index (χ3v) is 3.97. The van der Waals surface area contributed by atoms with E-state index in [2.05, 4.69) is 10.6 Å². The van der Waals surface area contributed by atoms with Crippen LogP contribution in [0.2, 0.25) is 0 Å². The van der Waals surface area contributed by atoms with E-state index in [-0.39, 0.29) is 6.61 Å². The van der Waals surface area contributed by atoms with Gasteiger partial charge in [0.15, 0.2) is 0 Å². The van der Waals surface area contributed by atoms with Crippen LogP contribution < -0.4 is 10.6 Å². The molecule has 0 atom stereocenters. The van der Waals surface area contributed by atoms with Crippen LogP contribution in [0.3, 0.4) is 0 Å². The summed E-state index contributed by atoms with van der Waals surface area (Å²) in [7, 11) is 0. The summed E-state index contributed by atoms with van der Waals surface area (Å²) in [5.74, 6) is 0. The fraction of sp³-hybridized carbons (Fsp3) is 0.632. The molecule has 7 nitrogen and oxygen atoms in total. The summed E-state index contributed by atoms with van der Waals surface area (Å²) in [5.41, 5.74) is 0.959. The monoisotopic (exact) mass is 366 g/mol. The Kier molecular flexibility index (Phi) is 10.7. The van der Waals surface area contributed by atoms with Crippen LogP contribution in [-0.4, -0.2) is 64.9 Å². The molecule has 26 heavy (non-hydrogen) atoms. The van der Waals surface area contributed by atoms with Gasteiger partial charge in [-0.25, -0.2) is 4.79 Å². The van der Waals surface area contributed by atoms with Crippen molar-refractivity contribution in [3.8, 4) is 0 Å². The summed E-state index contributed by atoms with van der Waals surface area (Å²) in [6.45, 7) is 5.39. The predicted molar refractivity (Wildman–Crippen MR) is 98.1 cm³/mol. The molecule has 1 aromatic rings. The lowest BCUT2D eigenvalue weighted by molar-refractivity contribution is -0.0194. The molecular weight excluding hydrogens is 336 g/mol. The van der Waals surface area contributed by atoms with Crippen LogP contribution in [0.15, 0.2) is 30.3 Å². The van der Waals surface area contributed by atoms with Crippen LogP contribution >= 0.6 is 0 Å². The van der Waals surface area contributed by atoms with Gasteiger partial charge in [0.25, 0.3) is 0 Å². The molecule has 0 saturated carbocycles. The van der Waals surface area contributed by atoms with E-state index in [4.69, 9.17) is 18.9 Å². The maximum Gasteiger partial charge on any atom is 0.407 e. The van der Waals surface area contributed by atoms with Crippen LogP contribution in [-0.2, 0) is 25.6 Å². The first kappa shape index (κ1) is 20.6. The molecule has 1 amide bonds. The lowest BCUT2D eigenvalue weighted by Crippen LogP contribution is -2.33. The highest BCUT2D eigenvalue weighted by molar-refractivity contribution is 5.67. The number of piperidine rings is 1. The number of benzene rings is 1. The first-order chi connectivity index (χ1) is 12.8. The van der Waals surface area contributed by atoms with Gasteiger partial charge in [0, 0.05) is 6.54 Å². The summed E-state index contributed by atoms with van der Waals surface area (Å²) in [4.78, 5) is 11.5. The Morgan fingerprint density at radius 1 is 1.00 bits per heavy atom. The molecule has 0 spiro atoms. The van der Waals surface area contributed by atoms with Gasteiger partial charge in [-0.15, -0.1) is 0 Å². The molecule has 0 aromatic heterocycles. The predicted octanol–water partition coefficient (Wildman–Crippen LogP) is 1.71. The molecule has 1 aliphatic rings. The first-order valence-electron chi connectivity index (χ1n) is 9.27. The van der Waals surface area contributed by atoms with Crippen LogP contribution in [0.4, 0.5) is 4.79 Å². The normalized spacial score (nSPS) is 14.9. The fourth-order valence-corrected chi connectivity index (χ4v) is 2.56. The number of carbonyl (C=O) groups is 1. The lowest BCUT2D eigenvalue weighted by Gasteiger charge is -2.22. The smallest absolute Gasteiger partial charge is 0.407 e. The van der Waals surface area contributed by atoms with Crippen molar-refractivity contribution in [2.45, 2.75) is 25.6 Å². The number of alkyl carbamates (subject to hydrolysis) is 1. The van der Waals surface area contributed by atoms with Gasteiger partial charge in [-0.2, -0.15) is 0 Å². The van der Waals surface area contributed by atoms with Crippen LogP contribution in [0, 0.1) is 0 Å². The number of nitrogens with one attached hydrogen (secondary N) is 2. The Hall–Kier alpha value is -1.67. The van der Waals surface area contributed by atoms with Crippen molar-refractivity contribution in [1.82, 2.24) is 10.6 Å². The molecule has 1 aliphatic heterocycles. The summed E-state index contributed by atoms with van der Waals surface area (Å²) in [5, 5.41) is 5.96. The molecule has 0 bridgehead atoms. The molecule has 0 radical (unpaired) electrons. The SMILES string of the molecule is O=C(NCCOCCOCCOC1CCNCC1)OCc1ccccc1. The van der Waals surface area contributed by atoms with Gasteiger partial charge < -0.3 is 29.6 Å². The Morgan fingerprint density at radius 3 is 2.46 bits per heavy atom. The molecule has 1 fully saturated rings. The van der Waals surface area contributed by atoms with Crippen molar-refractivity contribution >= 4 is 6.09 Å². The number of hydrogen-bond donors (Lipinski definition) is 2. The summed E-state index contributed by atoms with van der Waals surface area (Å²) >= 11 is 0. The summed E-state index contributed by atoms with van der Waals surface area (Å²) < 4.78 is 21.7. The molecular formula is C19H30N2O5. The van der Waals surface area contributed by atoms with Crippen LogP contribution in [0.1, 0.15) is 18.4 Å². The number of rotatable bonds is 12. The molecule has 2 N–H and O–H groups in total. The topological polar surface area (TPSA) is 78.1 Å². The van der Waals surface area contributed by atoms with Gasteiger partial charge in [-0.1, -0.05) is 30.3 Å². The lowest BCUT2D eigenvalue weighted by atomic mass is 10.1. The Balaban J connectivity index is 1.33. The van der Waals surface area contributed by atoms with Crippen LogP contribution in [0.25, 0.3) is 0 Å². The van der Waals surface area contributed by atoms with Crippen molar-refractivity contribution in [1.29, 1.82) is 0 Å². The quantitative estimate of drug-likeness (QED) is 0.549. The Bertz CT molecular complexity index is 480. The number of carbonyl (C=O) groups excluding carboxylic acids is 1. The van der Waals surface area contributed by atoms with E-state index < -0.39 is 6.09 Å². The van der Waals surface area contributed by atoms with Gasteiger partial charge in [-0.3, -0.25) is 0 Å². The van der Waals surface area contributed by atoms with E-state index in [9.17, 15) is 4.79 Å². The second kappa shape index (κ2) is 13.5. The summed E-state index contributed by atoms with van der Waals surface area (Å²) in [6, 6.07) is 9.56. The molecule has 1 saturated heterocycles. The van der Waals surface area contributed by atoms with Crippen LogP contribution in [0.5, 0.6) is 0 Å². The highest BCUT2D eigenvalue weighted by Gasteiger charge is 2.12. The summed E-state index contributed by atoms with van der Waals surface area (Å²) in [6.07, 6.45) is 2.07. The van der Waals surface area contributed by atoms with Crippen molar-refractivity contribution in [2.24, 2.45) is 0 Å². The van der Waals surface area contributed by atoms with E-state index in [0.29, 0.717) is 45.7 Å². The van der Waals surface area contributed by atoms with Gasteiger partial charge >= 0.3 is 6.09 Å². The Morgan fingerprint density at radius 2 is 1.69 bits per heavy atom. The molecule has 7 heteroatoms. The molecule has 2 rings (SSSR count). The Labute approximate surface area is 155 Å². The maximum atomic E-state index is 11.5. The molecule has 0 aliphatic carbocycles. The number of ether oxygens (including phenoxy) is 4. The zero-order valence-corrected chi connectivity index (χ0v) is 15.3. The van der Waals surface area contributed by atoms with E-state index >= 15 is 0 Å². The van der Waals surface area contributed by atoms with Gasteiger partial charge in [0.1, 0.15) is 6.61 Å². The zero-order chi connectivity index (χ0) is 18.3. The maximum absolute atomic E-state index is 11.5. The van der Waals surface area contributed by atoms with Crippen molar-refractivity contribution < 1.29 is 23.7 Å². The average molecular weight is 366 g/mol. The molecule has 1 heterocycles. The van der Waals surface area contributed by atoms with E-state index in [1.165, 1.54) is 0 Å². The zero-order valence-electron chi connectivity index (χ0n) is 15.3. The minimum atomic E-state index is -0.441. The number of hydrogen-bond acceptors (Lipinski definition) is 6. The highest BCUT2D eigenvalue weighted by Crippen LogP contribution is 2.06. The largest absolute Gasteiger partial charge is 0.445 e. The standard InChI is InChI=1S/C19H30N2O5/c22-19(26-16-17-4-2-1-3-5-17)21-10-11-23-12-13-24-14-15-25-18-6-8-20-9-7-18/h1-5,18,20H,6-16H2,(H,21,22). The van der Waals surface area contributed by atoms with Crippen molar-refractivity contribution in [2.75, 3.05) is 52.7 Å². The van der Waals surface area contributed by atoms with Gasteiger partial charge in [0.2, 0.25) is 0 Å². The minimum Gasteiger partial charge on any atom is -0.445 e. The molecule has 0 unspecified atom stereocenters. The fourth-order valence-electron chi connectivity index (χ4n) is 2.56. The van der Waals surface area contributed by atoms with E-state index in [1.54, 1.807) is 0 Å². The van der Waals surface area contributed by atoms with Crippen molar-refractivity contribution in [3.63, 3.8) is 0 Å². The molecule has 146 valence electrons. The highest BCUT2D eigenvalue weighted by atomic mass is 16.6. The second-order valence-electron chi connectivity index (χ2n) is 6.03. The third kappa shape index (κ3) is 9.72. The first-order valence-corrected chi connectivity index (χ1v) is 9.27. The third-order valence-electron chi connectivity index (χ3n) is 3.97.